The number of nitrogens with one attached hydrogen (secondary N) is 1. The van der Waals surface area contributed by atoms with Crippen molar-refractivity contribution in [2.24, 2.45) is 0 Å². The molecule has 1 N–H and O–H groups in total. The lowest BCUT2D eigenvalue weighted by Gasteiger charge is -2.06. The molecule has 0 spiro atoms. The molecule has 0 radical (unpaired) electrons. The Morgan fingerprint density at radius 2 is 2.10 bits per heavy atom. The molecule has 0 aliphatic rings. The number of pyridine rings is 1. The number of hydrogen-bond acceptors (Lipinski definition) is 5. The molecule has 1 amide bonds. The molecule has 0 atom stereocenters. The van der Waals surface area contributed by atoms with Crippen molar-refractivity contribution >= 4 is 11.7 Å². The highest BCUT2D eigenvalue weighted by Crippen LogP contribution is 2.11. The van der Waals surface area contributed by atoms with Crippen LogP contribution in [0.25, 0.3) is 5.82 Å². The summed E-state index contributed by atoms with van der Waals surface area (Å²) in [4.78, 5) is 20.1. The molecule has 3 heterocycles. The molecule has 3 aromatic heterocycles. The van der Waals surface area contributed by atoms with E-state index in [1.807, 2.05) is 19.1 Å². The number of carbonyl (C=O) groups excluding carboxylic acids is 1. The molecule has 104 valence electrons. The van der Waals surface area contributed by atoms with Gasteiger partial charge in [0.05, 0.1) is 0 Å². The summed E-state index contributed by atoms with van der Waals surface area (Å²) in [6.45, 7) is 1.87. The van der Waals surface area contributed by atoms with E-state index in [2.05, 4.69) is 25.5 Å². The summed E-state index contributed by atoms with van der Waals surface area (Å²) in [7, 11) is 0. The van der Waals surface area contributed by atoms with Gasteiger partial charge in [0.2, 0.25) is 0 Å². The van der Waals surface area contributed by atoms with Crippen molar-refractivity contribution in [3.63, 3.8) is 0 Å². The third-order valence-electron chi connectivity index (χ3n) is 2.89. The van der Waals surface area contributed by atoms with Crippen LogP contribution in [0.2, 0.25) is 0 Å². The third kappa shape index (κ3) is 2.76. The highest BCUT2D eigenvalue weighted by molar-refractivity contribution is 6.02. The summed E-state index contributed by atoms with van der Waals surface area (Å²) in [5.74, 6) is 0.766. The first kappa shape index (κ1) is 12.9. The van der Waals surface area contributed by atoms with Crippen molar-refractivity contribution in [2.75, 3.05) is 5.32 Å². The fourth-order valence-corrected chi connectivity index (χ4v) is 1.77. The number of hydrogen-bond donors (Lipinski definition) is 1. The molecule has 3 rings (SSSR count). The SMILES string of the molecule is Cc1cccnc1NC(=O)c1ccc(-n2ccnc2)nn1. The smallest absolute Gasteiger partial charge is 0.277 e. The first-order valence-corrected chi connectivity index (χ1v) is 6.29. The van der Waals surface area contributed by atoms with Crippen molar-refractivity contribution in [3.8, 4) is 5.82 Å². The van der Waals surface area contributed by atoms with E-state index in [1.54, 1.807) is 41.6 Å². The van der Waals surface area contributed by atoms with E-state index in [9.17, 15) is 4.79 Å². The zero-order chi connectivity index (χ0) is 14.7. The van der Waals surface area contributed by atoms with Crippen molar-refractivity contribution in [2.45, 2.75) is 6.92 Å². The number of anilines is 1. The molecular formula is C14H12N6O. The van der Waals surface area contributed by atoms with E-state index in [0.717, 1.165) is 5.56 Å². The van der Waals surface area contributed by atoms with Crippen molar-refractivity contribution in [1.29, 1.82) is 0 Å². The molecule has 0 saturated carbocycles. The maximum atomic E-state index is 12.1. The molecule has 3 aromatic rings. The molecule has 0 saturated heterocycles. The average molecular weight is 280 g/mol. The predicted octanol–water partition coefficient (Wildman–Crippen LogP) is 1.62. The van der Waals surface area contributed by atoms with E-state index in [-0.39, 0.29) is 11.6 Å². The minimum Gasteiger partial charge on any atom is -0.305 e. The molecule has 0 unspecified atom stereocenters. The topological polar surface area (TPSA) is 85.6 Å². The number of imidazole rings is 1. The number of aromatic nitrogens is 5. The highest BCUT2D eigenvalue weighted by Gasteiger charge is 2.10. The normalized spacial score (nSPS) is 10.3. The lowest BCUT2D eigenvalue weighted by molar-refractivity contribution is 0.102. The van der Waals surface area contributed by atoms with Gasteiger partial charge in [0.1, 0.15) is 12.1 Å². The Labute approximate surface area is 120 Å². The summed E-state index contributed by atoms with van der Waals surface area (Å²) in [6.07, 6.45) is 6.63. The maximum absolute atomic E-state index is 12.1. The van der Waals surface area contributed by atoms with E-state index in [0.29, 0.717) is 11.6 Å². The Hall–Kier alpha value is -3.09. The summed E-state index contributed by atoms with van der Waals surface area (Å²) in [6, 6.07) is 6.99. The summed E-state index contributed by atoms with van der Waals surface area (Å²) < 4.78 is 1.71. The number of nitrogens with zero attached hydrogens (tertiary/aromatic N) is 5. The Morgan fingerprint density at radius 1 is 1.19 bits per heavy atom. The first-order valence-electron chi connectivity index (χ1n) is 6.29. The second kappa shape index (κ2) is 5.49. The quantitative estimate of drug-likeness (QED) is 0.788. The molecule has 0 aromatic carbocycles. The number of rotatable bonds is 3. The Kier molecular flexibility index (Phi) is 3.38. The van der Waals surface area contributed by atoms with Gasteiger partial charge in [0.25, 0.3) is 5.91 Å². The van der Waals surface area contributed by atoms with Gasteiger partial charge in [-0.15, -0.1) is 10.2 Å². The second-order valence-electron chi connectivity index (χ2n) is 4.37. The Bertz CT molecular complexity index is 751. The van der Waals surface area contributed by atoms with Gasteiger partial charge in [-0.2, -0.15) is 0 Å². The van der Waals surface area contributed by atoms with Crippen LogP contribution < -0.4 is 5.32 Å². The van der Waals surface area contributed by atoms with Gasteiger partial charge in [0, 0.05) is 18.6 Å². The van der Waals surface area contributed by atoms with Gasteiger partial charge in [-0.25, -0.2) is 9.97 Å². The van der Waals surface area contributed by atoms with Gasteiger partial charge in [0.15, 0.2) is 11.5 Å². The van der Waals surface area contributed by atoms with Crippen LogP contribution >= 0.6 is 0 Å². The zero-order valence-corrected chi connectivity index (χ0v) is 11.3. The van der Waals surface area contributed by atoms with E-state index in [1.165, 1.54) is 0 Å². The van der Waals surface area contributed by atoms with Gasteiger partial charge in [-0.05, 0) is 30.7 Å². The second-order valence-corrected chi connectivity index (χ2v) is 4.37. The lowest BCUT2D eigenvalue weighted by atomic mass is 10.3. The van der Waals surface area contributed by atoms with Gasteiger partial charge in [-0.1, -0.05) is 6.07 Å². The number of amides is 1. The first-order chi connectivity index (χ1) is 10.2. The van der Waals surface area contributed by atoms with Crippen LogP contribution in [0.1, 0.15) is 16.1 Å². The van der Waals surface area contributed by atoms with Gasteiger partial charge in [-0.3, -0.25) is 9.36 Å². The molecule has 7 heteroatoms. The molecule has 0 fully saturated rings. The zero-order valence-electron chi connectivity index (χ0n) is 11.3. The van der Waals surface area contributed by atoms with E-state index < -0.39 is 0 Å². The Morgan fingerprint density at radius 3 is 2.76 bits per heavy atom. The maximum Gasteiger partial charge on any atom is 0.277 e. The highest BCUT2D eigenvalue weighted by atomic mass is 16.2. The minimum atomic E-state index is -0.346. The fraction of sp³-hybridized carbons (Fsp3) is 0.0714. The molecule has 0 aliphatic heterocycles. The standard InChI is InChI=1S/C14H12N6O/c1-10-3-2-6-16-13(10)17-14(21)11-4-5-12(19-18-11)20-8-7-15-9-20/h2-9H,1H3,(H,16,17,21). The largest absolute Gasteiger partial charge is 0.305 e. The predicted molar refractivity (Wildman–Crippen MR) is 76.1 cm³/mol. The van der Waals surface area contributed by atoms with Crippen molar-refractivity contribution < 1.29 is 4.79 Å². The van der Waals surface area contributed by atoms with Crippen molar-refractivity contribution in [3.05, 3.63) is 60.4 Å². The van der Waals surface area contributed by atoms with Crippen LogP contribution in [0.5, 0.6) is 0 Å². The van der Waals surface area contributed by atoms with E-state index >= 15 is 0 Å². The van der Waals surface area contributed by atoms with Crippen LogP contribution in [0.15, 0.2) is 49.2 Å². The summed E-state index contributed by atoms with van der Waals surface area (Å²) in [5.41, 5.74) is 1.11. The Balaban J connectivity index is 1.78. The average Bonchev–Trinajstić information content (AvgIpc) is 3.04. The fourth-order valence-electron chi connectivity index (χ4n) is 1.77. The van der Waals surface area contributed by atoms with Crippen LogP contribution in [-0.2, 0) is 0 Å². The molecular weight excluding hydrogens is 268 g/mol. The van der Waals surface area contributed by atoms with Gasteiger partial charge >= 0.3 is 0 Å². The monoisotopic (exact) mass is 280 g/mol. The van der Waals surface area contributed by atoms with Crippen LogP contribution in [0, 0.1) is 6.92 Å². The van der Waals surface area contributed by atoms with Crippen LogP contribution in [0.3, 0.4) is 0 Å². The molecule has 0 aliphatic carbocycles. The summed E-state index contributed by atoms with van der Waals surface area (Å²) in [5, 5.41) is 10.6. The lowest BCUT2D eigenvalue weighted by Crippen LogP contribution is -2.16. The molecule has 7 nitrogen and oxygen atoms in total. The molecule has 0 bridgehead atoms. The third-order valence-corrected chi connectivity index (χ3v) is 2.89. The summed E-state index contributed by atoms with van der Waals surface area (Å²) >= 11 is 0. The van der Waals surface area contributed by atoms with Crippen molar-refractivity contribution in [1.82, 2.24) is 24.7 Å². The molecule has 21 heavy (non-hydrogen) atoms. The van der Waals surface area contributed by atoms with Crippen LogP contribution in [0.4, 0.5) is 5.82 Å². The number of aryl methyl sites for hydroxylation is 1. The van der Waals surface area contributed by atoms with E-state index in [4.69, 9.17) is 0 Å². The number of carbonyl (C=O) groups is 1. The van der Waals surface area contributed by atoms with Gasteiger partial charge < -0.3 is 5.32 Å². The minimum absolute atomic E-state index is 0.226. The van der Waals surface area contributed by atoms with Crippen LogP contribution in [-0.4, -0.2) is 30.6 Å².